The third-order valence-electron chi connectivity index (χ3n) is 4.37. The maximum Gasteiger partial charge on any atom is 0.258 e. The van der Waals surface area contributed by atoms with Gasteiger partial charge in [-0.2, -0.15) is 0 Å². The molecule has 1 fully saturated rings. The van der Waals surface area contributed by atoms with Crippen molar-refractivity contribution in [3.8, 4) is 0 Å². The summed E-state index contributed by atoms with van der Waals surface area (Å²) in [7, 11) is 0. The van der Waals surface area contributed by atoms with E-state index < -0.39 is 0 Å². The number of nitrogens with one attached hydrogen (secondary N) is 2. The minimum Gasteiger partial charge on any atom is -0.349 e. The minimum atomic E-state index is -0.210. The van der Waals surface area contributed by atoms with E-state index in [1.165, 1.54) is 0 Å². The molecule has 0 unspecified atom stereocenters. The Morgan fingerprint density at radius 1 is 1.24 bits per heavy atom. The summed E-state index contributed by atoms with van der Waals surface area (Å²) in [5, 5.41) is 3.30. The molecule has 1 aromatic heterocycles. The van der Waals surface area contributed by atoms with Gasteiger partial charge in [-0.25, -0.2) is 4.98 Å². The molecule has 25 heavy (non-hydrogen) atoms. The van der Waals surface area contributed by atoms with Crippen LogP contribution in [0.5, 0.6) is 0 Å². The molecule has 3 rings (SSSR count). The Balaban J connectivity index is 1.47. The van der Waals surface area contributed by atoms with Gasteiger partial charge in [0.1, 0.15) is 5.82 Å². The number of amides is 2. The molecular formula is C18H22N4O3. The molecule has 1 saturated heterocycles. The summed E-state index contributed by atoms with van der Waals surface area (Å²) < 4.78 is 0. The number of nitrogens with zero attached hydrogens (tertiary/aromatic N) is 2. The first-order valence-electron chi connectivity index (χ1n) is 8.66. The number of carbonyl (C=O) groups is 2. The molecule has 0 saturated carbocycles. The molecule has 1 aliphatic heterocycles. The molecule has 7 heteroatoms. The second-order valence-corrected chi connectivity index (χ2v) is 6.25. The van der Waals surface area contributed by atoms with Crippen LogP contribution in [0.3, 0.4) is 0 Å². The number of rotatable bonds is 6. The smallest absolute Gasteiger partial charge is 0.258 e. The standard InChI is InChI=1S/C18H22N4O3/c23-16(8-5-11-22-10-4-3-9-17(22)24)19-12-15-20-14-7-2-1-6-13(14)18(25)21-15/h1-2,6-7H,3-5,8-12H2,(H,19,23)(H,20,21,25). The van der Waals surface area contributed by atoms with Crippen molar-refractivity contribution in [2.75, 3.05) is 13.1 Å². The summed E-state index contributed by atoms with van der Waals surface area (Å²) in [6.45, 7) is 1.60. The Kier molecular flexibility index (Phi) is 5.42. The molecule has 132 valence electrons. The Morgan fingerprint density at radius 3 is 2.92 bits per heavy atom. The highest BCUT2D eigenvalue weighted by Gasteiger charge is 2.17. The summed E-state index contributed by atoms with van der Waals surface area (Å²) in [6.07, 6.45) is 3.61. The van der Waals surface area contributed by atoms with Gasteiger partial charge in [0.2, 0.25) is 11.8 Å². The van der Waals surface area contributed by atoms with Gasteiger partial charge < -0.3 is 15.2 Å². The van der Waals surface area contributed by atoms with Gasteiger partial charge in [0.05, 0.1) is 17.4 Å². The van der Waals surface area contributed by atoms with Gasteiger partial charge in [0, 0.05) is 25.9 Å². The highest BCUT2D eigenvalue weighted by molar-refractivity contribution is 5.78. The normalized spacial score (nSPS) is 14.7. The third kappa shape index (κ3) is 4.43. The summed E-state index contributed by atoms with van der Waals surface area (Å²) in [6, 6.07) is 7.09. The van der Waals surface area contributed by atoms with E-state index in [4.69, 9.17) is 0 Å². The zero-order valence-corrected chi connectivity index (χ0v) is 14.1. The van der Waals surface area contributed by atoms with Crippen LogP contribution in [0.15, 0.2) is 29.1 Å². The van der Waals surface area contributed by atoms with Crippen molar-refractivity contribution in [3.05, 3.63) is 40.4 Å². The average molecular weight is 342 g/mol. The largest absolute Gasteiger partial charge is 0.349 e. The van der Waals surface area contributed by atoms with Gasteiger partial charge >= 0.3 is 0 Å². The van der Waals surface area contributed by atoms with Crippen molar-refractivity contribution in [2.45, 2.75) is 38.6 Å². The quantitative estimate of drug-likeness (QED) is 0.828. The van der Waals surface area contributed by atoms with Gasteiger partial charge in [0.15, 0.2) is 0 Å². The van der Waals surface area contributed by atoms with E-state index in [0.717, 1.165) is 19.4 Å². The lowest BCUT2D eigenvalue weighted by Crippen LogP contribution is -2.36. The number of aromatic amines is 1. The maximum absolute atomic E-state index is 12.0. The molecular weight excluding hydrogens is 320 g/mol. The van der Waals surface area contributed by atoms with Crippen molar-refractivity contribution in [2.24, 2.45) is 0 Å². The van der Waals surface area contributed by atoms with Gasteiger partial charge in [-0.05, 0) is 31.4 Å². The fraction of sp³-hybridized carbons (Fsp3) is 0.444. The number of aromatic nitrogens is 2. The van der Waals surface area contributed by atoms with Gasteiger partial charge in [0.25, 0.3) is 5.56 Å². The Bertz CT molecular complexity index is 830. The second kappa shape index (κ2) is 7.92. The van der Waals surface area contributed by atoms with E-state index in [1.807, 2.05) is 11.0 Å². The van der Waals surface area contributed by atoms with Crippen LogP contribution in [-0.2, 0) is 16.1 Å². The average Bonchev–Trinajstić information content (AvgIpc) is 2.62. The number of hydrogen-bond donors (Lipinski definition) is 2. The van der Waals surface area contributed by atoms with Crippen LogP contribution in [0.1, 0.15) is 37.9 Å². The van der Waals surface area contributed by atoms with Crippen LogP contribution in [0.2, 0.25) is 0 Å². The van der Waals surface area contributed by atoms with E-state index in [-0.39, 0.29) is 23.9 Å². The number of fused-ring (bicyclic) bond motifs is 1. The lowest BCUT2D eigenvalue weighted by Gasteiger charge is -2.26. The Morgan fingerprint density at radius 2 is 2.08 bits per heavy atom. The predicted octanol–water partition coefficient (Wildman–Crippen LogP) is 1.33. The van der Waals surface area contributed by atoms with Crippen molar-refractivity contribution in [1.29, 1.82) is 0 Å². The number of H-pyrrole nitrogens is 1. The highest BCUT2D eigenvalue weighted by Crippen LogP contribution is 2.11. The first kappa shape index (κ1) is 17.1. The van der Waals surface area contributed by atoms with Gasteiger partial charge in [-0.15, -0.1) is 0 Å². The molecule has 0 bridgehead atoms. The van der Waals surface area contributed by atoms with Crippen LogP contribution < -0.4 is 10.9 Å². The van der Waals surface area contributed by atoms with Crippen LogP contribution in [0, 0.1) is 0 Å². The van der Waals surface area contributed by atoms with Crippen molar-refractivity contribution >= 4 is 22.7 Å². The van der Waals surface area contributed by atoms with E-state index in [2.05, 4.69) is 15.3 Å². The minimum absolute atomic E-state index is 0.111. The summed E-state index contributed by atoms with van der Waals surface area (Å²) in [5.74, 6) is 0.508. The number of piperidine rings is 1. The van der Waals surface area contributed by atoms with Crippen LogP contribution in [0.25, 0.3) is 10.9 Å². The Hall–Kier alpha value is -2.70. The molecule has 0 radical (unpaired) electrons. The van der Waals surface area contributed by atoms with E-state index in [0.29, 0.717) is 42.5 Å². The highest BCUT2D eigenvalue weighted by atomic mass is 16.2. The number of hydrogen-bond acceptors (Lipinski definition) is 4. The molecule has 2 aromatic rings. The number of likely N-dealkylation sites (tertiary alicyclic amines) is 1. The first-order chi connectivity index (χ1) is 12.1. The second-order valence-electron chi connectivity index (χ2n) is 6.25. The number of para-hydroxylation sites is 1. The van der Waals surface area contributed by atoms with E-state index in [9.17, 15) is 14.4 Å². The molecule has 0 atom stereocenters. The Labute approximate surface area is 145 Å². The van der Waals surface area contributed by atoms with E-state index in [1.54, 1.807) is 18.2 Å². The fourth-order valence-corrected chi connectivity index (χ4v) is 3.02. The molecule has 2 amide bonds. The molecule has 2 heterocycles. The van der Waals surface area contributed by atoms with Gasteiger partial charge in [-0.1, -0.05) is 12.1 Å². The summed E-state index contributed by atoms with van der Waals surface area (Å²) >= 11 is 0. The summed E-state index contributed by atoms with van der Waals surface area (Å²) in [5.41, 5.74) is 0.401. The van der Waals surface area contributed by atoms with Crippen molar-refractivity contribution in [1.82, 2.24) is 20.2 Å². The molecule has 1 aromatic carbocycles. The monoisotopic (exact) mass is 342 g/mol. The van der Waals surface area contributed by atoms with Crippen LogP contribution >= 0.6 is 0 Å². The third-order valence-corrected chi connectivity index (χ3v) is 4.37. The molecule has 1 aliphatic rings. The van der Waals surface area contributed by atoms with Crippen molar-refractivity contribution in [3.63, 3.8) is 0 Å². The fourth-order valence-electron chi connectivity index (χ4n) is 3.02. The zero-order chi connectivity index (χ0) is 17.6. The van der Waals surface area contributed by atoms with Gasteiger partial charge in [-0.3, -0.25) is 14.4 Å². The van der Waals surface area contributed by atoms with Crippen LogP contribution in [0.4, 0.5) is 0 Å². The van der Waals surface area contributed by atoms with E-state index >= 15 is 0 Å². The lowest BCUT2D eigenvalue weighted by molar-refractivity contribution is -0.133. The topological polar surface area (TPSA) is 95.2 Å². The zero-order valence-electron chi connectivity index (χ0n) is 14.1. The van der Waals surface area contributed by atoms with Crippen LogP contribution in [-0.4, -0.2) is 39.8 Å². The lowest BCUT2D eigenvalue weighted by atomic mass is 10.1. The predicted molar refractivity (Wildman–Crippen MR) is 93.9 cm³/mol. The molecule has 0 spiro atoms. The SMILES string of the molecule is O=C(CCCN1CCCCC1=O)NCc1nc2ccccc2c(=O)[nH]1. The molecule has 0 aliphatic carbocycles. The first-order valence-corrected chi connectivity index (χ1v) is 8.66. The number of carbonyl (C=O) groups excluding carboxylic acids is 2. The van der Waals surface area contributed by atoms with Crippen molar-refractivity contribution < 1.29 is 9.59 Å². The molecule has 7 nitrogen and oxygen atoms in total. The number of benzene rings is 1. The molecule has 2 N–H and O–H groups in total. The summed E-state index contributed by atoms with van der Waals surface area (Å²) in [4.78, 5) is 44.5. The maximum atomic E-state index is 12.0.